The van der Waals surface area contributed by atoms with Crippen molar-refractivity contribution in [2.75, 3.05) is 0 Å². The Hall–Kier alpha value is -3.21. The summed E-state index contributed by atoms with van der Waals surface area (Å²) in [4.78, 5) is 15.4. The Morgan fingerprint density at radius 3 is 2.73 bits per heavy atom. The van der Waals surface area contributed by atoms with Crippen molar-refractivity contribution in [2.24, 2.45) is 5.92 Å². The summed E-state index contributed by atoms with van der Waals surface area (Å²) >= 11 is 0. The summed E-state index contributed by atoms with van der Waals surface area (Å²) in [5, 5.41) is 12.9. The Balaban J connectivity index is 1.76. The first kappa shape index (κ1) is 20.1. The second-order valence-electron chi connectivity index (χ2n) is 7.84. The highest BCUT2D eigenvalue weighted by atomic mass is 19.3. The van der Waals surface area contributed by atoms with Crippen molar-refractivity contribution in [3.8, 4) is 23.0 Å². The fourth-order valence-electron chi connectivity index (χ4n) is 4.12. The smallest absolute Gasteiger partial charge is 0.382 e. The lowest BCUT2D eigenvalue weighted by Gasteiger charge is -2.28. The van der Waals surface area contributed by atoms with Gasteiger partial charge in [0.05, 0.1) is 16.8 Å². The summed E-state index contributed by atoms with van der Waals surface area (Å²) in [5.41, 5.74) is 4.28. The van der Waals surface area contributed by atoms with Gasteiger partial charge >= 0.3 is 5.97 Å². The molecule has 1 fully saturated rings. The molecule has 0 unspecified atom stereocenters. The molecule has 0 atom stereocenters. The van der Waals surface area contributed by atoms with Gasteiger partial charge in [-0.3, -0.25) is 4.98 Å². The number of carboxylic acids is 1. The molecule has 30 heavy (non-hydrogen) atoms. The second kappa shape index (κ2) is 7.56. The predicted molar refractivity (Wildman–Crippen MR) is 106 cm³/mol. The Morgan fingerprint density at radius 1 is 1.37 bits per heavy atom. The molecule has 8 heteroatoms. The van der Waals surface area contributed by atoms with E-state index in [0.717, 1.165) is 22.3 Å². The number of hydrogen-bond donors (Lipinski definition) is 1. The molecule has 0 radical (unpaired) electrons. The average Bonchev–Trinajstić information content (AvgIpc) is 3.21. The standard InChI is InChI=1S/C22H21F2N3O3/c1-13-20(14(2)30-26-13)17-9-18-21(25-10-17)16(3-4-19(28)29)12-27(18)11-15-5-7-22(23,24)8-6-15/h9-10,12,15H,5-8,11H2,1-2H3,(H,28,29). The van der Waals surface area contributed by atoms with E-state index < -0.39 is 11.9 Å². The molecule has 6 nitrogen and oxygen atoms in total. The zero-order valence-electron chi connectivity index (χ0n) is 16.7. The quantitative estimate of drug-likeness (QED) is 0.636. The molecule has 0 saturated heterocycles. The topological polar surface area (TPSA) is 81.2 Å². The van der Waals surface area contributed by atoms with E-state index in [-0.39, 0.29) is 18.8 Å². The van der Waals surface area contributed by atoms with Crippen LogP contribution in [-0.2, 0) is 11.3 Å². The molecular formula is C22H21F2N3O3. The highest BCUT2D eigenvalue weighted by molar-refractivity contribution is 5.91. The van der Waals surface area contributed by atoms with Gasteiger partial charge in [0, 0.05) is 48.8 Å². The van der Waals surface area contributed by atoms with Crippen LogP contribution < -0.4 is 0 Å². The Kier molecular flexibility index (Phi) is 5.06. The van der Waals surface area contributed by atoms with Gasteiger partial charge in [0.2, 0.25) is 5.92 Å². The van der Waals surface area contributed by atoms with Crippen LogP contribution in [0.2, 0.25) is 0 Å². The van der Waals surface area contributed by atoms with Crippen LogP contribution in [0.3, 0.4) is 0 Å². The number of aryl methyl sites for hydroxylation is 2. The van der Waals surface area contributed by atoms with Crippen molar-refractivity contribution in [1.82, 2.24) is 14.7 Å². The number of fused-ring (bicyclic) bond motifs is 1. The summed E-state index contributed by atoms with van der Waals surface area (Å²) in [7, 11) is 0. The van der Waals surface area contributed by atoms with Crippen LogP contribution in [0.25, 0.3) is 22.2 Å². The van der Waals surface area contributed by atoms with Crippen molar-refractivity contribution in [3.05, 3.63) is 35.5 Å². The van der Waals surface area contributed by atoms with Crippen molar-refractivity contribution in [2.45, 2.75) is 52.0 Å². The van der Waals surface area contributed by atoms with E-state index in [4.69, 9.17) is 9.63 Å². The van der Waals surface area contributed by atoms with E-state index in [0.29, 0.717) is 36.2 Å². The fraction of sp³-hybridized carbons (Fsp3) is 0.409. The van der Waals surface area contributed by atoms with Gasteiger partial charge < -0.3 is 14.2 Å². The van der Waals surface area contributed by atoms with Gasteiger partial charge in [-0.05, 0) is 38.7 Å². The molecule has 0 bridgehead atoms. The average molecular weight is 413 g/mol. The maximum Gasteiger partial charge on any atom is 0.382 e. The lowest BCUT2D eigenvalue weighted by molar-refractivity contribution is -0.130. The third-order valence-electron chi connectivity index (χ3n) is 5.63. The number of halogens is 2. The summed E-state index contributed by atoms with van der Waals surface area (Å²) in [5.74, 6) is 1.77. The van der Waals surface area contributed by atoms with Gasteiger partial charge in [-0.25, -0.2) is 13.6 Å². The number of pyridine rings is 1. The van der Waals surface area contributed by atoms with E-state index >= 15 is 0 Å². The maximum absolute atomic E-state index is 13.5. The SMILES string of the molecule is Cc1noc(C)c1-c1cnc2c(C#CC(=O)O)cn(CC3CCC(F)(F)CC3)c2c1. The number of carbonyl (C=O) groups is 1. The fourth-order valence-corrected chi connectivity index (χ4v) is 4.12. The minimum Gasteiger partial charge on any atom is -0.472 e. The predicted octanol–water partition coefficient (Wildman–Crippen LogP) is 4.57. The molecule has 3 aromatic rings. The van der Waals surface area contributed by atoms with Gasteiger partial charge in [0.15, 0.2) is 0 Å². The van der Waals surface area contributed by atoms with Crippen LogP contribution in [-0.4, -0.2) is 31.7 Å². The molecule has 156 valence electrons. The third kappa shape index (κ3) is 3.92. The zero-order valence-corrected chi connectivity index (χ0v) is 16.7. The summed E-state index contributed by atoms with van der Waals surface area (Å²) < 4.78 is 34.3. The van der Waals surface area contributed by atoms with Gasteiger partial charge in [-0.15, -0.1) is 0 Å². The normalized spacial score (nSPS) is 16.4. The first-order valence-electron chi connectivity index (χ1n) is 9.78. The summed E-state index contributed by atoms with van der Waals surface area (Å²) in [6.07, 6.45) is 4.12. The molecule has 0 amide bonds. The maximum atomic E-state index is 13.5. The number of aliphatic carboxylic acids is 1. The highest BCUT2D eigenvalue weighted by Crippen LogP contribution is 2.37. The molecule has 1 saturated carbocycles. The second-order valence-corrected chi connectivity index (χ2v) is 7.84. The van der Waals surface area contributed by atoms with Crippen molar-refractivity contribution < 1.29 is 23.2 Å². The number of aromatic nitrogens is 3. The summed E-state index contributed by atoms with van der Waals surface area (Å²) in [6.45, 7) is 4.22. The molecule has 0 aromatic carbocycles. The Bertz CT molecular complexity index is 1150. The van der Waals surface area contributed by atoms with Crippen LogP contribution in [0.5, 0.6) is 0 Å². The molecular weight excluding hydrogens is 392 g/mol. The highest BCUT2D eigenvalue weighted by Gasteiger charge is 2.35. The van der Waals surface area contributed by atoms with E-state index in [1.807, 2.05) is 24.5 Å². The number of nitrogens with zero attached hydrogens (tertiary/aromatic N) is 3. The molecule has 1 aliphatic rings. The number of carboxylic acid groups (broad SMARTS) is 1. The van der Waals surface area contributed by atoms with Crippen molar-refractivity contribution in [3.63, 3.8) is 0 Å². The van der Waals surface area contributed by atoms with Crippen LogP contribution in [0.4, 0.5) is 8.78 Å². The van der Waals surface area contributed by atoms with Crippen LogP contribution in [0.15, 0.2) is 23.0 Å². The van der Waals surface area contributed by atoms with E-state index in [9.17, 15) is 13.6 Å². The van der Waals surface area contributed by atoms with Crippen molar-refractivity contribution in [1.29, 1.82) is 0 Å². The molecule has 3 aromatic heterocycles. The van der Waals surface area contributed by atoms with E-state index in [1.165, 1.54) is 0 Å². The van der Waals surface area contributed by atoms with Crippen LogP contribution in [0.1, 0.15) is 42.7 Å². The minimum absolute atomic E-state index is 0.106. The molecule has 4 rings (SSSR count). The number of hydrogen-bond acceptors (Lipinski definition) is 4. The minimum atomic E-state index is -2.58. The first-order valence-corrected chi connectivity index (χ1v) is 9.78. The summed E-state index contributed by atoms with van der Waals surface area (Å²) in [6, 6.07) is 1.94. The zero-order chi connectivity index (χ0) is 21.5. The molecule has 3 heterocycles. The first-order chi connectivity index (χ1) is 14.2. The van der Waals surface area contributed by atoms with Gasteiger partial charge in [-0.1, -0.05) is 11.1 Å². The third-order valence-corrected chi connectivity index (χ3v) is 5.63. The number of alkyl halides is 2. The molecule has 1 aliphatic carbocycles. The van der Waals surface area contributed by atoms with E-state index in [1.54, 1.807) is 12.4 Å². The lowest BCUT2D eigenvalue weighted by Crippen LogP contribution is -2.26. The molecule has 1 N–H and O–H groups in total. The molecule has 0 aliphatic heterocycles. The number of rotatable bonds is 3. The largest absolute Gasteiger partial charge is 0.472 e. The van der Waals surface area contributed by atoms with Crippen molar-refractivity contribution >= 4 is 17.0 Å². The van der Waals surface area contributed by atoms with Crippen LogP contribution >= 0.6 is 0 Å². The Morgan fingerprint density at radius 2 is 2.10 bits per heavy atom. The molecule has 0 spiro atoms. The lowest BCUT2D eigenvalue weighted by atomic mass is 9.87. The van der Waals surface area contributed by atoms with Gasteiger partial charge in [0.1, 0.15) is 11.3 Å². The Labute approximate surface area is 171 Å². The monoisotopic (exact) mass is 413 g/mol. The van der Waals surface area contributed by atoms with Gasteiger partial charge in [-0.2, -0.15) is 0 Å². The van der Waals surface area contributed by atoms with Gasteiger partial charge in [0.25, 0.3) is 0 Å². The van der Waals surface area contributed by atoms with E-state index in [2.05, 4.69) is 22.0 Å². The van der Waals surface area contributed by atoms with Crippen LogP contribution in [0, 0.1) is 31.6 Å².